The number of aromatic nitrogens is 2. The van der Waals surface area contributed by atoms with Crippen molar-refractivity contribution < 1.29 is 5.11 Å². The van der Waals surface area contributed by atoms with Crippen molar-refractivity contribution in [3.8, 4) is 0 Å². The number of nitrogens with zero attached hydrogens (tertiary/aromatic N) is 2. The zero-order chi connectivity index (χ0) is 14.2. The lowest BCUT2D eigenvalue weighted by Gasteiger charge is -2.20. The van der Waals surface area contributed by atoms with Crippen LogP contribution in [0.3, 0.4) is 0 Å². The number of hydrogen-bond acceptors (Lipinski definition) is 3. The second-order valence-corrected chi connectivity index (χ2v) is 5.56. The molecule has 1 aromatic carbocycles. The lowest BCUT2D eigenvalue weighted by Crippen LogP contribution is -2.10. The summed E-state index contributed by atoms with van der Waals surface area (Å²) in [5, 5.41) is 11.9. The summed E-state index contributed by atoms with van der Waals surface area (Å²) in [7, 11) is 0. The van der Waals surface area contributed by atoms with Gasteiger partial charge in [0, 0.05) is 29.4 Å². The van der Waals surface area contributed by atoms with Crippen LogP contribution in [0, 0.1) is 0 Å². The molecule has 0 aliphatic heterocycles. The van der Waals surface area contributed by atoms with E-state index in [9.17, 15) is 5.11 Å². The zero-order valence-electron chi connectivity index (χ0n) is 11.6. The Kier molecular flexibility index (Phi) is 2.93. The van der Waals surface area contributed by atoms with Crippen molar-refractivity contribution in [3.05, 3.63) is 71.7 Å². The molecule has 1 aliphatic carbocycles. The van der Waals surface area contributed by atoms with Gasteiger partial charge in [0.05, 0.1) is 11.6 Å². The number of aryl methyl sites for hydroxylation is 1. The molecule has 1 aliphatic rings. The van der Waals surface area contributed by atoms with Gasteiger partial charge < -0.3 is 5.11 Å². The molecule has 0 amide bonds. The van der Waals surface area contributed by atoms with Crippen LogP contribution in [0.2, 0.25) is 0 Å². The summed E-state index contributed by atoms with van der Waals surface area (Å²) in [5.41, 5.74) is 4.18. The summed E-state index contributed by atoms with van der Waals surface area (Å²) < 4.78 is 0. The van der Waals surface area contributed by atoms with E-state index in [1.54, 1.807) is 6.20 Å². The van der Waals surface area contributed by atoms with Crippen molar-refractivity contribution in [1.29, 1.82) is 0 Å². The van der Waals surface area contributed by atoms with Crippen LogP contribution in [0.5, 0.6) is 0 Å². The van der Waals surface area contributed by atoms with Crippen LogP contribution in [0.15, 0.2) is 54.9 Å². The van der Waals surface area contributed by atoms with Crippen LogP contribution < -0.4 is 0 Å². The van der Waals surface area contributed by atoms with Crippen LogP contribution in [0.25, 0.3) is 10.9 Å². The fourth-order valence-corrected chi connectivity index (χ4v) is 3.35. The van der Waals surface area contributed by atoms with Crippen molar-refractivity contribution in [1.82, 2.24) is 9.97 Å². The first-order valence-electron chi connectivity index (χ1n) is 7.30. The maximum atomic E-state index is 10.9. The highest BCUT2D eigenvalue weighted by Crippen LogP contribution is 2.41. The van der Waals surface area contributed by atoms with Crippen molar-refractivity contribution in [2.75, 3.05) is 0 Å². The highest BCUT2D eigenvalue weighted by molar-refractivity contribution is 5.82. The number of rotatable bonds is 2. The molecule has 0 bridgehead atoms. The monoisotopic (exact) mass is 276 g/mol. The largest absolute Gasteiger partial charge is 0.388 e. The van der Waals surface area contributed by atoms with E-state index in [0.29, 0.717) is 0 Å². The molecule has 0 fully saturated rings. The summed E-state index contributed by atoms with van der Waals surface area (Å²) in [6, 6.07) is 14.0. The second-order valence-electron chi connectivity index (χ2n) is 5.56. The lowest BCUT2D eigenvalue weighted by molar-refractivity contribution is 0.145. The van der Waals surface area contributed by atoms with Crippen LogP contribution in [-0.2, 0) is 6.42 Å². The fraction of sp³-hybridized carbons (Fsp3) is 0.222. The van der Waals surface area contributed by atoms with Gasteiger partial charge in [-0.1, -0.05) is 24.3 Å². The van der Waals surface area contributed by atoms with Gasteiger partial charge in [-0.15, -0.1) is 0 Å². The molecule has 0 saturated heterocycles. The molecule has 1 N–H and O–H groups in total. The van der Waals surface area contributed by atoms with Crippen molar-refractivity contribution >= 4 is 10.9 Å². The quantitative estimate of drug-likeness (QED) is 0.780. The van der Waals surface area contributed by atoms with E-state index >= 15 is 0 Å². The van der Waals surface area contributed by atoms with E-state index in [4.69, 9.17) is 0 Å². The van der Waals surface area contributed by atoms with Crippen molar-refractivity contribution in [2.24, 2.45) is 0 Å². The third kappa shape index (κ3) is 2.01. The Morgan fingerprint density at radius 1 is 1.00 bits per heavy atom. The summed E-state index contributed by atoms with van der Waals surface area (Å²) in [5.74, 6) is 0.0759. The van der Waals surface area contributed by atoms with Crippen LogP contribution in [-0.4, -0.2) is 15.1 Å². The predicted molar refractivity (Wildman–Crippen MR) is 82.0 cm³/mol. The molecular weight excluding hydrogens is 260 g/mol. The summed E-state index contributed by atoms with van der Waals surface area (Å²) in [6.07, 6.45) is 5.01. The Morgan fingerprint density at radius 3 is 2.81 bits per heavy atom. The molecule has 0 radical (unpaired) electrons. The van der Waals surface area contributed by atoms with Gasteiger partial charge in [-0.25, -0.2) is 0 Å². The number of aliphatic hydroxyl groups is 1. The van der Waals surface area contributed by atoms with E-state index < -0.39 is 6.10 Å². The third-order valence-corrected chi connectivity index (χ3v) is 4.38. The van der Waals surface area contributed by atoms with Gasteiger partial charge >= 0.3 is 0 Å². The lowest BCUT2D eigenvalue weighted by atomic mass is 9.91. The SMILES string of the molecule is OC(c1cccc2ncccc12)C1CCc2cccnc21. The number of benzene rings is 1. The first kappa shape index (κ1) is 12.5. The van der Waals surface area contributed by atoms with E-state index in [0.717, 1.165) is 35.0 Å². The topological polar surface area (TPSA) is 46.0 Å². The van der Waals surface area contributed by atoms with Gasteiger partial charge in [-0.05, 0) is 42.2 Å². The minimum absolute atomic E-state index is 0.0759. The normalized spacial score (nSPS) is 18.6. The maximum Gasteiger partial charge on any atom is 0.0880 e. The average Bonchev–Trinajstić information content (AvgIpc) is 2.98. The first-order chi connectivity index (χ1) is 10.3. The Bertz CT molecular complexity index is 795. The summed E-state index contributed by atoms with van der Waals surface area (Å²) in [4.78, 5) is 8.86. The van der Waals surface area contributed by atoms with Crippen LogP contribution in [0.1, 0.15) is 35.3 Å². The second kappa shape index (κ2) is 4.93. The molecule has 3 heteroatoms. The van der Waals surface area contributed by atoms with Crippen LogP contribution in [0.4, 0.5) is 0 Å². The average molecular weight is 276 g/mol. The molecule has 21 heavy (non-hydrogen) atoms. The Labute approximate surface area is 123 Å². The van der Waals surface area contributed by atoms with Gasteiger partial charge in [-0.3, -0.25) is 9.97 Å². The molecule has 0 spiro atoms. The molecule has 2 heterocycles. The minimum Gasteiger partial charge on any atom is -0.388 e. The molecular formula is C18H16N2O. The molecule has 0 saturated carbocycles. The van der Waals surface area contributed by atoms with Crippen LogP contribution >= 0.6 is 0 Å². The van der Waals surface area contributed by atoms with Gasteiger partial charge in [0.2, 0.25) is 0 Å². The molecule has 2 atom stereocenters. The molecule has 3 nitrogen and oxygen atoms in total. The zero-order valence-corrected chi connectivity index (χ0v) is 11.6. The first-order valence-corrected chi connectivity index (χ1v) is 7.30. The Morgan fingerprint density at radius 2 is 1.86 bits per heavy atom. The molecule has 104 valence electrons. The van der Waals surface area contributed by atoms with E-state index in [1.807, 2.05) is 42.6 Å². The number of pyridine rings is 2. The van der Waals surface area contributed by atoms with Gasteiger partial charge in [-0.2, -0.15) is 0 Å². The van der Waals surface area contributed by atoms with Gasteiger partial charge in [0.15, 0.2) is 0 Å². The highest BCUT2D eigenvalue weighted by Gasteiger charge is 2.31. The molecule has 2 aromatic heterocycles. The number of hydrogen-bond donors (Lipinski definition) is 1. The predicted octanol–water partition coefficient (Wildman–Crippen LogP) is 3.39. The summed E-state index contributed by atoms with van der Waals surface area (Å²) >= 11 is 0. The highest BCUT2D eigenvalue weighted by atomic mass is 16.3. The van der Waals surface area contributed by atoms with E-state index in [1.165, 1.54) is 5.56 Å². The fourth-order valence-electron chi connectivity index (χ4n) is 3.35. The van der Waals surface area contributed by atoms with Crippen molar-refractivity contribution in [3.63, 3.8) is 0 Å². The van der Waals surface area contributed by atoms with E-state index in [-0.39, 0.29) is 5.92 Å². The van der Waals surface area contributed by atoms with Crippen molar-refractivity contribution in [2.45, 2.75) is 24.9 Å². The molecule has 3 aromatic rings. The standard InChI is InChI=1S/C18H16N2O/c21-18(15-9-8-12-4-2-11-20-17(12)15)14-5-1-7-16-13(14)6-3-10-19-16/h1-7,10-11,15,18,21H,8-9H2. The molecule has 2 unspecified atom stereocenters. The maximum absolute atomic E-state index is 10.9. The summed E-state index contributed by atoms with van der Waals surface area (Å²) in [6.45, 7) is 0. The minimum atomic E-state index is -0.533. The Balaban J connectivity index is 1.80. The van der Waals surface area contributed by atoms with Gasteiger partial charge in [0.1, 0.15) is 0 Å². The van der Waals surface area contributed by atoms with E-state index in [2.05, 4.69) is 16.0 Å². The van der Waals surface area contributed by atoms with Gasteiger partial charge in [0.25, 0.3) is 0 Å². The Hall–Kier alpha value is -2.26. The molecule has 4 rings (SSSR count). The number of aliphatic hydroxyl groups excluding tert-OH is 1. The third-order valence-electron chi connectivity index (χ3n) is 4.38. The smallest absolute Gasteiger partial charge is 0.0880 e. The number of fused-ring (bicyclic) bond motifs is 2.